The summed E-state index contributed by atoms with van der Waals surface area (Å²) < 4.78 is 12.8. The molecule has 0 amide bonds. The van der Waals surface area contributed by atoms with Gasteiger partial charge in [0.05, 0.1) is 0 Å². The van der Waals surface area contributed by atoms with Crippen molar-refractivity contribution in [3.8, 4) is 0 Å². The molecular weight excluding hydrogens is 249 g/mol. The van der Waals surface area contributed by atoms with Gasteiger partial charge in [-0.3, -0.25) is 0 Å². The fourth-order valence-corrected chi connectivity index (χ4v) is 1.70. The first kappa shape index (κ1) is 12.9. The van der Waals surface area contributed by atoms with Gasteiger partial charge >= 0.3 is 5.97 Å². The Labute approximate surface area is 109 Å². The topological polar surface area (TPSA) is 66.3 Å². The molecule has 19 heavy (non-hydrogen) atoms. The average molecular weight is 261 g/mol. The largest absolute Gasteiger partial charge is 0.476 e. The van der Waals surface area contributed by atoms with Gasteiger partial charge in [0.15, 0.2) is 11.5 Å². The van der Waals surface area contributed by atoms with Crippen molar-refractivity contribution in [2.24, 2.45) is 0 Å². The number of carbonyl (C=O) groups is 1. The quantitative estimate of drug-likeness (QED) is 0.911. The lowest BCUT2D eigenvalue weighted by Crippen LogP contribution is -2.21. The van der Waals surface area contributed by atoms with E-state index in [1.807, 2.05) is 0 Å². The van der Waals surface area contributed by atoms with Crippen LogP contribution in [0.1, 0.15) is 16.1 Å². The average Bonchev–Trinajstić information content (AvgIpc) is 2.41. The van der Waals surface area contributed by atoms with E-state index in [4.69, 9.17) is 5.11 Å². The molecule has 1 aromatic heterocycles. The monoisotopic (exact) mass is 261 g/mol. The normalized spacial score (nSPS) is 10.2. The molecule has 0 saturated heterocycles. The van der Waals surface area contributed by atoms with Crippen LogP contribution in [-0.2, 0) is 6.54 Å². The molecule has 0 saturated carbocycles. The molecule has 0 aliphatic carbocycles. The highest BCUT2D eigenvalue weighted by molar-refractivity contribution is 5.90. The Morgan fingerprint density at radius 2 is 1.89 bits per heavy atom. The SMILES string of the molecule is CN(Cc1ccc(F)cc1)c1nccnc1C(=O)O. The third-order valence-corrected chi connectivity index (χ3v) is 2.58. The van der Waals surface area contributed by atoms with Gasteiger partial charge < -0.3 is 10.0 Å². The lowest BCUT2D eigenvalue weighted by atomic mass is 10.2. The number of aromatic carboxylic acids is 1. The summed E-state index contributed by atoms with van der Waals surface area (Å²) in [5.74, 6) is -1.16. The zero-order valence-electron chi connectivity index (χ0n) is 10.2. The van der Waals surface area contributed by atoms with Gasteiger partial charge in [0.2, 0.25) is 0 Å². The molecule has 1 aromatic carbocycles. The predicted molar refractivity (Wildman–Crippen MR) is 67.5 cm³/mol. The van der Waals surface area contributed by atoms with Crippen LogP contribution in [-0.4, -0.2) is 28.1 Å². The molecule has 0 aliphatic heterocycles. The fourth-order valence-electron chi connectivity index (χ4n) is 1.70. The summed E-state index contributed by atoms with van der Waals surface area (Å²) in [6, 6.07) is 6.00. The smallest absolute Gasteiger partial charge is 0.358 e. The van der Waals surface area contributed by atoms with E-state index >= 15 is 0 Å². The lowest BCUT2D eigenvalue weighted by molar-refractivity contribution is 0.0690. The van der Waals surface area contributed by atoms with Crippen LogP contribution in [0.3, 0.4) is 0 Å². The maximum Gasteiger partial charge on any atom is 0.358 e. The summed E-state index contributed by atoms with van der Waals surface area (Å²) in [7, 11) is 1.71. The molecule has 0 atom stereocenters. The Balaban J connectivity index is 2.22. The molecule has 0 aliphatic rings. The van der Waals surface area contributed by atoms with Crippen molar-refractivity contribution < 1.29 is 14.3 Å². The maximum atomic E-state index is 12.8. The van der Waals surface area contributed by atoms with E-state index in [0.717, 1.165) is 5.56 Å². The van der Waals surface area contributed by atoms with Crippen LogP contribution in [0.25, 0.3) is 0 Å². The molecule has 2 rings (SSSR count). The standard InChI is InChI=1S/C13H12FN3O2/c1-17(8-9-2-4-10(14)5-3-9)12-11(13(18)19)15-6-7-16-12/h2-7H,8H2,1H3,(H,18,19). The number of anilines is 1. The first-order valence-electron chi connectivity index (χ1n) is 5.58. The number of hydrogen-bond donors (Lipinski definition) is 1. The zero-order valence-corrected chi connectivity index (χ0v) is 10.2. The van der Waals surface area contributed by atoms with E-state index < -0.39 is 5.97 Å². The van der Waals surface area contributed by atoms with Crippen LogP contribution in [0.15, 0.2) is 36.7 Å². The number of nitrogens with zero attached hydrogens (tertiary/aromatic N) is 3. The molecule has 2 aromatic rings. The van der Waals surface area contributed by atoms with Crippen molar-refractivity contribution >= 4 is 11.8 Å². The Morgan fingerprint density at radius 1 is 1.26 bits per heavy atom. The third-order valence-electron chi connectivity index (χ3n) is 2.58. The molecule has 0 bridgehead atoms. The number of halogens is 1. The summed E-state index contributed by atoms with van der Waals surface area (Å²) >= 11 is 0. The molecule has 0 unspecified atom stereocenters. The van der Waals surface area contributed by atoms with Gasteiger partial charge in [-0.25, -0.2) is 19.2 Å². The van der Waals surface area contributed by atoms with Gasteiger partial charge in [-0.2, -0.15) is 0 Å². The van der Waals surface area contributed by atoms with Crippen LogP contribution >= 0.6 is 0 Å². The van der Waals surface area contributed by atoms with E-state index in [9.17, 15) is 9.18 Å². The van der Waals surface area contributed by atoms with Crippen molar-refractivity contribution in [1.82, 2.24) is 9.97 Å². The molecule has 98 valence electrons. The minimum absolute atomic E-state index is 0.105. The maximum absolute atomic E-state index is 12.8. The van der Waals surface area contributed by atoms with E-state index in [2.05, 4.69) is 9.97 Å². The molecule has 0 spiro atoms. The number of carboxylic acids is 1. The molecule has 1 heterocycles. The van der Waals surface area contributed by atoms with Crippen LogP contribution in [0, 0.1) is 5.82 Å². The highest BCUT2D eigenvalue weighted by atomic mass is 19.1. The second-order valence-corrected chi connectivity index (χ2v) is 4.02. The van der Waals surface area contributed by atoms with E-state index in [1.165, 1.54) is 24.5 Å². The van der Waals surface area contributed by atoms with Gasteiger partial charge in [0.1, 0.15) is 5.82 Å². The number of aromatic nitrogens is 2. The number of benzene rings is 1. The molecule has 0 fully saturated rings. The molecule has 6 heteroatoms. The van der Waals surface area contributed by atoms with Crippen molar-refractivity contribution in [3.05, 3.63) is 53.7 Å². The second kappa shape index (κ2) is 5.43. The molecule has 0 radical (unpaired) electrons. The second-order valence-electron chi connectivity index (χ2n) is 4.02. The summed E-state index contributed by atoms with van der Waals surface area (Å²) in [5, 5.41) is 9.04. The minimum Gasteiger partial charge on any atom is -0.476 e. The van der Waals surface area contributed by atoms with Gasteiger partial charge in [-0.15, -0.1) is 0 Å². The van der Waals surface area contributed by atoms with Gasteiger partial charge in [-0.1, -0.05) is 12.1 Å². The van der Waals surface area contributed by atoms with E-state index in [-0.39, 0.29) is 17.3 Å². The fraction of sp³-hybridized carbons (Fsp3) is 0.154. The summed E-state index contributed by atoms with van der Waals surface area (Å²) in [6.45, 7) is 0.416. The van der Waals surface area contributed by atoms with Crippen LogP contribution in [0.5, 0.6) is 0 Å². The summed E-state index contributed by atoms with van der Waals surface area (Å²) in [4.78, 5) is 20.5. The Kier molecular flexibility index (Phi) is 3.70. The van der Waals surface area contributed by atoms with Crippen molar-refractivity contribution in [3.63, 3.8) is 0 Å². The minimum atomic E-state index is -1.13. The Hall–Kier alpha value is -2.50. The molecule has 5 nitrogen and oxygen atoms in total. The number of carboxylic acid groups (broad SMARTS) is 1. The number of hydrogen-bond acceptors (Lipinski definition) is 4. The first-order valence-corrected chi connectivity index (χ1v) is 5.58. The highest BCUT2D eigenvalue weighted by Crippen LogP contribution is 2.16. The van der Waals surface area contributed by atoms with Crippen LogP contribution in [0.2, 0.25) is 0 Å². The lowest BCUT2D eigenvalue weighted by Gasteiger charge is -2.19. The van der Waals surface area contributed by atoms with Crippen LogP contribution < -0.4 is 4.90 Å². The van der Waals surface area contributed by atoms with Gasteiger partial charge in [-0.05, 0) is 17.7 Å². The Bertz CT molecular complexity index is 587. The third kappa shape index (κ3) is 3.04. The van der Waals surface area contributed by atoms with Crippen molar-refractivity contribution in [2.75, 3.05) is 11.9 Å². The molecule has 1 N–H and O–H groups in total. The van der Waals surface area contributed by atoms with Gasteiger partial charge in [0, 0.05) is 26.0 Å². The summed E-state index contributed by atoms with van der Waals surface area (Å²) in [5.41, 5.74) is 0.748. The first-order chi connectivity index (χ1) is 9.08. The van der Waals surface area contributed by atoms with E-state index in [0.29, 0.717) is 6.54 Å². The van der Waals surface area contributed by atoms with Gasteiger partial charge in [0.25, 0.3) is 0 Å². The van der Waals surface area contributed by atoms with Crippen molar-refractivity contribution in [1.29, 1.82) is 0 Å². The zero-order chi connectivity index (χ0) is 13.8. The summed E-state index contributed by atoms with van der Waals surface area (Å²) in [6.07, 6.45) is 2.77. The van der Waals surface area contributed by atoms with E-state index in [1.54, 1.807) is 24.1 Å². The Morgan fingerprint density at radius 3 is 2.53 bits per heavy atom. The van der Waals surface area contributed by atoms with Crippen molar-refractivity contribution in [2.45, 2.75) is 6.54 Å². The number of rotatable bonds is 4. The molecular formula is C13H12FN3O2. The highest BCUT2D eigenvalue weighted by Gasteiger charge is 2.16. The predicted octanol–water partition coefficient (Wildman–Crippen LogP) is 1.95. The van der Waals surface area contributed by atoms with Crippen LogP contribution in [0.4, 0.5) is 10.2 Å².